The molecule has 1 aliphatic heterocycles. The van der Waals surface area contributed by atoms with Gasteiger partial charge in [-0.05, 0) is 24.7 Å². The summed E-state index contributed by atoms with van der Waals surface area (Å²) in [4.78, 5) is 14.1. The number of likely N-dealkylation sites (tertiary alicyclic amines) is 1. The summed E-state index contributed by atoms with van der Waals surface area (Å²) < 4.78 is 0. The number of nitrogens with zero attached hydrogens (tertiary/aromatic N) is 1. The van der Waals surface area contributed by atoms with Crippen LogP contribution in [0.3, 0.4) is 0 Å². The van der Waals surface area contributed by atoms with Gasteiger partial charge in [0.05, 0.1) is 0 Å². The highest BCUT2D eigenvalue weighted by Gasteiger charge is 2.37. The van der Waals surface area contributed by atoms with Crippen LogP contribution in [0.15, 0.2) is 0 Å². The zero-order valence-electron chi connectivity index (χ0n) is 10.0. The van der Waals surface area contributed by atoms with Gasteiger partial charge in [-0.3, -0.25) is 9.69 Å². The molecule has 1 aliphatic carbocycles. The zero-order valence-corrected chi connectivity index (χ0v) is 10.0. The third-order valence-corrected chi connectivity index (χ3v) is 4.00. The van der Waals surface area contributed by atoms with Crippen LogP contribution >= 0.6 is 0 Å². The third-order valence-electron chi connectivity index (χ3n) is 4.00. The first-order valence-corrected chi connectivity index (χ1v) is 6.46. The minimum Gasteiger partial charge on any atom is -0.300 e. The lowest BCUT2D eigenvalue weighted by atomic mass is 9.78. The fraction of sp³-hybridized carbons (Fsp3) is 0.923. The van der Waals surface area contributed by atoms with Gasteiger partial charge < -0.3 is 0 Å². The maximum absolute atomic E-state index is 11.5. The molecule has 0 N–H and O–H groups in total. The molecule has 0 spiro atoms. The smallest absolute Gasteiger partial charge is 0.134 e. The summed E-state index contributed by atoms with van der Waals surface area (Å²) in [5, 5.41) is 0. The summed E-state index contributed by atoms with van der Waals surface area (Å²) in [7, 11) is 0. The van der Waals surface area contributed by atoms with Gasteiger partial charge in [0.15, 0.2) is 0 Å². The molecule has 2 unspecified atom stereocenters. The minimum absolute atomic E-state index is 0.493. The van der Waals surface area contributed by atoms with Gasteiger partial charge in [-0.1, -0.05) is 20.3 Å². The van der Waals surface area contributed by atoms with Crippen molar-refractivity contribution in [1.82, 2.24) is 4.90 Å². The van der Waals surface area contributed by atoms with Crippen molar-refractivity contribution in [2.45, 2.75) is 52.0 Å². The molecule has 0 aromatic heterocycles. The summed E-state index contributed by atoms with van der Waals surface area (Å²) >= 11 is 0. The molecule has 86 valence electrons. The molecule has 1 saturated carbocycles. The van der Waals surface area contributed by atoms with Gasteiger partial charge in [0, 0.05) is 32.0 Å². The van der Waals surface area contributed by atoms with Crippen molar-refractivity contribution in [3.63, 3.8) is 0 Å². The quantitative estimate of drug-likeness (QED) is 0.711. The maximum Gasteiger partial charge on any atom is 0.134 e. The molecule has 1 heterocycles. The SMILES string of the molecule is CCCC1CCC(=O)CC1N1CC(C)C1. The van der Waals surface area contributed by atoms with Gasteiger partial charge in [0.1, 0.15) is 5.78 Å². The summed E-state index contributed by atoms with van der Waals surface area (Å²) in [6.45, 7) is 7.00. The predicted molar refractivity (Wildman–Crippen MR) is 61.8 cm³/mol. The summed E-state index contributed by atoms with van der Waals surface area (Å²) in [5.74, 6) is 2.14. The van der Waals surface area contributed by atoms with Gasteiger partial charge in [-0.2, -0.15) is 0 Å². The number of carbonyl (C=O) groups is 1. The molecule has 0 bridgehead atoms. The van der Waals surface area contributed by atoms with Crippen molar-refractivity contribution in [2.75, 3.05) is 13.1 Å². The van der Waals surface area contributed by atoms with Crippen molar-refractivity contribution < 1.29 is 4.79 Å². The van der Waals surface area contributed by atoms with Crippen LogP contribution in [0.2, 0.25) is 0 Å². The Bertz CT molecular complexity index is 233. The summed E-state index contributed by atoms with van der Waals surface area (Å²) in [6.07, 6.45) is 5.38. The minimum atomic E-state index is 0.493. The topological polar surface area (TPSA) is 20.3 Å². The van der Waals surface area contributed by atoms with E-state index in [-0.39, 0.29) is 0 Å². The van der Waals surface area contributed by atoms with Gasteiger partial charge in [-0.15, -0.1) is 0 Å². The highest BCUT2D eigenvalue weighted by molar-refractivity contribution is 5.79. The van der Waals surface area contributed by atoms with Crippen LogP contribution in [-0.4, -0.2) is 29.8 Å². The third kappa shape index (κ3) is 2.41. The second kappa shape index (κ2) is 4.65. The number of carbonyl (C=O) groups excluding carboxylic acids is 1. The average molecular weight is 209 g/mol. The molecule has 0 aromatic rings. The van der Waals surface area contributed by atoms with Crippen molar-refractivity contribution in [3.05, 3.63) is 0 Å². The molecule has 2 rings (SSSR count). The van der Waals surface area contributed by atoms with E-state index in [0.29, 0.717) is 11.8 Å². The molecular formula is C13H23NO. The van der Waals surface area contributed by atoms with E-state index in [9.17, 15) is 4.79 Å². The fourth-order valence-corrected chi connectivity index (χ4v) is 3.19. The second-order valence-electron chi connectivity index (χ2n) is 5.46. The first kappa shape index (κ1) is 11.1. The van der Waals surface area contributed by atoms with Crippen molar-refractivity contribution >= 4 is 5.78 Å². The first-order valence-electron chi connectivity index (χ1n) is 6.46. The standard InChI is InChI=1S/C13H23NO/c1-3-4-11-5-6-12(15)7-13(11)14-8-10(2)9-14/h10-11,13H,3-9H2,1-2H3. The van der Waals surface area contributed by atoms with Gasteiger partial charge >= 0.3 is 0 Å². The van der Waals surface area contributed by atoms with Crippen LogP contribution in [-0.2, 0) is 4.79 Å². The highest BCUT2D eigenvalue weighted by atomic mass is 16.1. The summed E-state index contributed by atoms with van der Waals surface area (Å²) in [6, 6.07) is 0.586. The van der Waals surface area contributed by atoms with E-state index < -0.39 is 0 Å². The normalized spacial score (nSPS) is 34.1. The lowest BCUT2D eigenvalue weighted by molar-refractivity contribution is -0.125. The Balaban J connectivity index is 1.94. The van der Waals surface area contributed by atoms with E-state index >= 15 is 0 Å². The van der Waals surface area contributed by atoms with Gasteiger partial charge in [-0.25, -0.2) is 0 Å². The lowest BCUT2D eigenvalue weighted by Crippen LogP contribution is -2.55. The van der Waals surface area contributed by atoms with Crippen LogP contribution in [0.1, 0.15) is 46.0 Å². The summed E-state index contributed by atoms with van der Waals surface area (Å²) in [5.41, 5.74) is 0. The van der Waals surface area contributed by atoms with Crippen LogP contribution in [0.4, 0.5) is 0 Å². The van der Waals surface area contributed by atoms with Crippen LogP contribution < -0.4 is 0 Å². The number of rotatable bonds is 3. The molecule has 0 aromatic carbocycles. The molecule has 0 amide bonds. The van der Waals surface area contributed by atoms with Crippen molar-refractivity contribution in [3.8, 4) is 0 Å². The van der Waals surface area contributed by atoms with Gasteiger partial charge in [0.25, 0.3) is 0 Å². The largest absolute Gasteiger partial charge is 0.300 e. The van der Waals surface area contributed by atoms with E-state index in [1.165, 1.54) is 25.9 Å². The molecule has 2 nitrogen and oxygen atoms in total. The molecule has 15 heavy (non-hydrogen) atoms. The van der Waals surface area contributed by atoms with E-state index in [1.54, 1.807) is 0 Å². The molecule has 2 heteroatoms. The van der Waals surface area contributed by atoms with Crippen molar-refractivity contribution in [2.24, 2.45) is 11.8 Å². The monoisotopic (exact) mass is 209 g/mol. The Morgan fingerprint density at radius 1 is 1.40 bits per heavy atom. The Morgan fingerprint density at radius 3 is 2.73 bits per heavy atom. The Kier molecular flexibility index (Phi) is 3.45. The molecule has 2 atom stereocenters. The molecule has 0 radical (unpaired) electrons. The molecule has 2 aliphatic rings. The van der Waals surface area contributed by atoms with Gasteiger partial charge in [0.2, 0.25) is 0 Å². The number of hydrogen-bond donors (Lipinski definition) is 0. The van der Waals surface area contributed by atoms with Crippen LogP contribution in [0.25, 0.3) is 0 Å². The Labute approximate surface area is 93.0 Å². The molecule has 1 saturated heterocycles. The number of ketones is 1. The van der Waals surface area contributed by atoms with E-state index in [0.717, 1.165) is 31.1 Å². The van der Waals surface area contributed by atoms with E-state index in [4.69, 9.17) is 0 Å². The van der Waals surface area contributed by atoms with Crippen LogP contribution in [0, 0.1) is 11.8 Å². The molecule has 2 fully saturated rings. The fourth-order valence-electron chi connectivity index (χ4n) is 3.19. The maximum atomic E-state index is 11.5. The lowest BCUT2D eigenvalue weighted by Gasteiger charge is -2.47. The predicted octanol–water partition coefficient (Wildman–Crippen LogP) is 2.48. The second-order valence-corrected chi connectivity index (χ2v) is 5.46. The Hall–Kier alpha value is -0.370. The zero-order chi connectivity index (χ0) is 10.8. The Morgan fingerprint density at radius 2 is 2.13 bits per heavy atom. The molecular weight excluding hydrogens is 186 g/mol. The number of Topliss-reactive ketones (excluding diaryl/α,β-unsaturated/α-hetero) is 1. The van der Waals surface area contributed by atoms with E-state index in [1.807, 2.05) is 0 Å². The first-order chi connectivity index (χ1) is 7.20. The highest BCUT2D eigenvalue weighted by Crippen LogP contribution is 2.33. The number of hydrogen-bond acceptors (Lipinski definition) is 2. The average Bonchev–Trinajstić information content (AvgIpc) is 2.16. The van der Waals surface area contributed by atoms with E-state index in [2.05, 4.69) is 18.7 Å². The van der Waals surface area contributed by atoms with Crippen LogP contribution in [0.5, 0.6) is 0 Å². The van der Waals surface area contributed by atoms with Crippen molar-refractivity contribution in [1.29, 1.82) is 0 Å².